The van der Waals surface area contributed by atoms with Gasteiger partial charge in [0.15, 0.2) is 6.61 Å². The van der Waals surface area contributed by atoms with E-state index in [1.165, 1.54) is 11.3 Å². The third kappa shape index (κ3) is 5.11. The lowest BCUT2D eigenvalue weighted by atomic mass is 10.2. The van der Waals surface area contributed by atoms with Gasteiger partial charge in [0.25, 0.3) is 5.91 Å². The molecule has 3 aromatic rings. The van der Waals surface area contributed by atoms with Gasteiger partial charge in [-0.25, -0.2) is 4.98 Å². The smallest absolute Gasteiger partial charge is 0.260 e. The highest BCUT2D eigenvalue weighted by atomic mass is 32.1. The summed E-state index contributed by atoms with van der Waals surface area (Å²) in [6, 6.07) is 15.0. The van der Waals surface area contributed by atoms with Crippen LogP contribution in [0.4, 0.5) is 10.9 Å². The van der Waals surface area contributed by atoms with Crippen molar-refractivity contribution < 1.29 is 14.3 Å². The summed E-state index contributed by atoms with van der Waals surface area (Å²) in [5, 5.41) is 13.1. The highest BCUT2D eigenvalue weighted by Gasteiger charge is 2.26. The Balaban J connectivity index is 1.37. The number of nitrogens with zero attached hydrogens (tertiary/aromatic N) is 4. The zero-order valence-corrected chi connectivity index (χ0v) is 17.5. The van der Waals surface area contributed by atoms with E-state index in [2.05, 4.69) is 20.5 Å². The summed E-state index contributed by atoms with van der Waals surface area (Å²) in [4.78, 5) is 19.0. The van der Waals surface area contributed by atoms with E-state index in [4.69, 9.17) is 9.47 Å². The van der Waals surface area contributed by atoms with Crippen molar-refractivity contribution in [2.45, 2.75) is 19.4 Å². The monoisotopic (exact) mass is 425 g/mol. The first-order valence-corrected chi connectivity index (χ1v) is 10.7. The second kappa shape index (κ2) is 9.64. The fourth-order valence-electron chi connectivity index (χ4n) is 3.06. The van der Waals surface area contributed by atoms with Crippen LogP contribution in [-0.4, -0.2) is 52.3 Å². The number of carbonyl (C=O) groups excluding carboxylic acids is 1. The molecule has 0 aliphatic carbocycles. The molecule has 1 fully saturated rings. The summed E-state index contributed by atoms with van der Waals surface area (Å²) in [6.07, 6.45) is 0.558. The number of nitrogens with one attached hydrogen (secondary N) is 1. The maximum Gasteiger partial charge on any atom is 0.260 e. The molecule has 1 amide bonds. The van der Waals surface area contributed by atoms with Gasteiger partial charge in [-0.2, -0.15) is 0 Å². The number of pyridine rings is 1. The molecule has 1 aliphatic heterocycles. The van der Waals surface area contributed by atoms with Crippen LogP contribution in [0.25, 0.3) is 0 Å². The van der Waals surface area contributed by atoms with Crippen LogP contribution in [0.2, 0.25) is 0 Å². The van der Waals surface area contributed by atoms with E-state index in [0.29, 0.717) is 36.4 Å². The summed E-state index contributed by atoms with van der Waals surface area (Å²) < 4.78 is 11.5. The first kappa shape index (κ1) is 20.2. The Morgan fingerprint density at radius 3 is 2.90 bits per heavy atom. The molecule has 9 heteroatoms. The topological polar surface area (TPSA) is 89.5 Å². The minimum absolute atomic E-state index is 0.00255. The molecule has 2 aromatic heterocycles. The van der Waals surface area contributed by atoms with Crippen LogP contribution in [0, 0.1) is 0 Å². The molecule has 8 nitrogen and oxygen atoms in total. The second-order valence-electron chi connectivity index (χ2n) is 6.73. The number of benzene rings is 1. The molecule has 0 unspecified atom stereocenters. The number of ether oxygens (including phenoxy) is 2. The molecular weight excluding hydrogens is 402 g/mol. The minimum atomic E-state index is -0.290. The van der Waals surface area contributed by atoms with Crippen molar-refractivity contribution in [1.29, 1.82) is 0 Å². The van der Waals surface area contributed by atoms with Crippen molar-refractivity contribution >= 4 is 28.2 Å². The molecule has 1 aliphatic rings. The van der Waals surface area contributed by atoms with Gasteiger partial charge in [0.1, 0.15) is 22.7 Å². The summed E-state index contributed by atoms with van der Waals surface area (Å²) in [5.74, 6) is 1.28. The average molecular weight is 426 g/mol. The molecule has 4 rings (SSSR count). The summed E-state index contributed by atoms with van der Waals surface area (Å²) in [7, 11) is 0. The summed E-state index contributed by atoms with van der Waals surface area (Å²) in [6.45, 7) is 3.48. The van der Waals surface area contributed by atoms with Gasteiger partial charge in [-0.15, -0.1) is 10.2 Å². The van der Waals surface area contributed by atoms with Crippen molar-refractivity contribution in [3.63, 3.8) is 0 Å². The fourth-order valence-corrected chi connectivity index (χ4v) is 3.75. The zero-order chi connectivity index (χ0) is 20.8. The number of amides is 1. The van der Waals surface area contributed by atoms with E-state index in [9.17, 15) is 4.79 Å². The molecule has 0 radical (unpaired) electrons. The van der Waals surface area contributed by atoms with Gasteiger partial charge in [0, 0.05) is 6.54 Å². The summed E-state index contributed by atoms with van der Waals surface area (Å²) in [5.41, 5.74) is 0.765. The predicted molar refractivity (Wildman–Crippen MR) is 114 cm³/mol. The van der Waals surface area contributed by atoms with E-state index in [1.54, 1.807) is 4.90 Å². The maximum absolute atomic E-state index is 12.6. The molecule has 3 heterocycles. The second-order valence-corrected chi connectivity index (χ2v) is 7.79. The minimum Gasteiger partial charge on any atom is -0.484 e. The Labute approximate surface area is 178 Å². The zero-order valence-electron chi connectivity index (χ0n) is 16.7. The number of rotatable bonds is 7. The Hall–Kier alpha value is -3.04. The third-order valence-corrected chi connectivity index (χ3v) is 5.61. The van der Waals surface area contributed by atoms with Gasteiger partial charge in [0.2, 0.25) is 5.13 Å². The highest BCUT2D eigenvalue weighted by molar-refractivity contribution is 7.15. The standard InChI is InChI=1S/C21H23N5O3S/c1-2-19-24-25-21(30-19)23-18-10-6-9-16(22-18)17-13-26(11-12-28-17)20(27)14-29-15-7-4-3-5-8-15/h3-10,17H,2,11-14H2,1H3,(H,22,23,25)/t17-/m1/s1. The number of para-hydroxylation sites is 1. The summed E-state index contributed by atoms with van der Waals surface area (Å²) >= 11 is 1.51. The molecule has 1 saturated heterocycles. The molecule has 0 bridgehead atoms. The molecule has 1 atom stereocenters. The number of aryl methyl sites for hydroxylation is 1. The first-order valence-electron chi connectivity index (χ1n) is 9.85. The van der Waals surface area contributed by atoms with E-state index < -0.39 is 0 Å². The number of hydrogen-bond donors (Lipinski definition) is 1. The Kier molecular flexibility index (Phi) is 6.50. The van der Waals surface area contributed by atoms with Gasteiger partial charge in [-0.1, -0.05) is 42.5 Å². The average Bonchev–Trinajstić information content (AvgIpc) is 3.26. The van der Waals surface area contributed by atoms with Gasteiger partial charge in [-0.3, -0.25) is 4.79 Å². The molecule has 156 valence electrons. The lowest BCUT2D eigenvalue weighted by molar-refractivity contribution is -0.141. The Bertz CT molecular complexity index is 982. The lowest BCUT2D eigenvalue weighted by Crippen LogP contribution is -2.44. The van der Waals surface area contributed by atoms with E-state index >= 15 is 0 Å². The third-order valence-electron chi connectivity index (χ3n) is 4.63. The molecule has 1 aromatic carbocycles. The van der Waals surface area contributed by atoms with Crippen LogP contribution in [0.15, 0.2) is 48.5 Å². The van der Waals surface area contributed by atoms with E-state index in [1.807, 2.05) is 55.5 Å². The number of anilines is 2. The lowest BCUT2D eigenvalue weighted by Gasteiger charge is -2.32. The molecule has 0 saturated carbocycles. The molecule has 30 heavy (non-hydrogen) atoms. The van der Waals surface area contributed by atoms with Crippen LogP contribution in [0.3, 0.4) is 0 Å². The van der Waals surface area contributed by atoms with Crippen LogP contribution in [0.5, 0.6) is 5.75 Å². The largest absolute Gasteiger partial charge is 0.484 e. The van der Waals surface area contributed by atoms with Crippen LogP contribution >= 0.6 is 11.3 Å². The van der Waals surface area contributed by atoms with Crippen molar-refractivity contribution in [3.8, 4) is 5.75 Å². The van der Waals surface area contributed by atoms with Crippen LogP contribution in [0.1, 0.15) is 23.7 Å². The van der Waals surface area contributed by atoms with Crippen LogP contribution in [-0.2, 0) is 16.0 Å². The number of morpholine rings is 1. The molecule has 1 N–H and O–H groups in total. The van der Waals surface area contributed by atoms with Crippen molar-refractivity contribution in [3.05, 3.63) is 59.2 Å². The fraction of sp³-hybridized carbons (Fsp3) is 0.333. The molecular formula is C21H23N5O3S. The quantitative estimate of drug-likeness (QED) is 0.622. The highest BCUT2D eigenvalue weighted by Crippen LogP contribution is 2.24. The SMILES string of the molecule is CCc1nnc(Nc2cccc([C@H]3CN(C(=O)COc4ccccc4)CCO3)n2)s1. The van der Waals surface area contributed by atoms with E-state index in [0.717, 1.165) is 17.1 Å². The van der Waals surface area contributed by atoms with Crippen molar-refractivity contribution in [2.24, 2.45) is 0 Å². The molecule has 0 spiro atoms. The number of hydrogen-bond acceptors (Lipinski definition) is 8. The normalized spacial score (nSPS) is 16.3. The Morgan fingerprint density at radius 1 is 1.23 bits per heavy atom. The number of aromatic nitrogens is 3. The first-order chi connectivity index (χ1) is 14.7. The maximum atomic E-state index is 12.6. The predicted octanol–water partition coefficient (Wildman–Crippen LogP) is 3.22. The van der Waals surface area contributed by atoms with Gasteiger partial charge >= 0.3 is 0 Å². The van der Waals surface area contributed by atoms with Crippen molar-refractivity contribution in [2.75, 3.05) is 31.6 Å². The Morgan fingerprint density at radius 2 is 2.10 bits per heavy atom. The van der Waals surface area contributed by atoms with Gasteiger partial charge < -0.3 is 19.7 Å². The van der Waals surface area contributed by atoms with E-state index in [-0.39, 0.29) is 18.6 Å². The van der Waals surface area contributed by atoms with Gasteiger partial charge in [-0.05, 0) is 30.7 Å². The van der Waals surface area contributed by atoms with Gasteiger partial charge in [0.05, 0.1) is 18.8 Å². The van der Waals surface area contributed by atoms with Crippen LogP contribution < -0.4 is 10.1 Å². The number of carbonyl (C=O) groups is 1. The van der Waals surface area contributed by atoms with Crippen molar-refractivity contribution in [1.82, 2.24) is 20.1 Å².